The zero-order chi connectivity index (χ0) is 10.9. The highest BCUT2D eigenvalue weighted by Crippen LogP contribution is 2.33. The number of nitrogens with one attached hydrogen (secondary N) is 1. The van der Waals surface area contributed by atoms with Crippen LogP contribution in [-0.4, -0.2) is 17.1 Å². The first-order valence-electron chi connectivity index (χ1n) is 5.08. The molecule has 1 saturated carbocycles. The fourth-order valence-corrected chi connectivity index (χ4v) is 2.02. The number of aromatic nitrogens is 2. The van der Waals surface area contributed by atoms with Gasteiger partial charge in [-0.2, -0.15) is 0 Å². The van der Waals surface area contributed by atoms with Crippen molar-refractivity contribution in [1.29, 1.82) is 0 Å². The first kappa shape index (κ1) is 10.2. The minimum Gasteiger partial charge on any atom is -0.490 e. The Hall–Kier alpha value is -1.36. The number of nitrogens with two attached hydrogens (primary N) is 1. The Labute approximate surface area is 87.7 Å². The van der Waals surface area contributed by atoms with Gasteiger partial charge in [0.1, 0.15) is 5.82 Å². The van der Waals surface area contributed by atoms with Gasteiger partial charge in [-0.15, -0.1) is 0 Å². The predicted octanol–water partition coefficient (Wildman–Crippen LogP) is 0.507. The van der Waals surface area contributed by atoms with Gasteiger partial charge < -0.3 is 15.5 Å². The van der Waals surface area contributed by atoms with E-state index in [-0.39, 0.29) is 11.3 Å². The van der Waals surface area contributed by atoms with E-state index in [9.17, 15) is 4.79 Å². The average Bonchev–Trinajstić information content (AvgIpc) is 2.66. The number of aromatic amines is 1. The number of methoxy groups -OCH3 is 1. The molecular weight excluding hydrogens is 194 g/mol. The maximum Gasteiger partial charge on any atom is 0.293 e. The Morgan fingerprint density at radius 3 is 2.73 bits per heavy atom. The largest absolute Gasteiger partial charge is 0.490 e. The molecular formula is C10H15N3O2. The van der Waals surface area contributed by atoms with E-state index in [0.29, 0.717) is 5.82 Å². The van der Waals surface area contributed by atoms with E-state index in [1.807, 2.05) is 0 Å². The van der Waals surface area contributed by atoms with Crippen molar-refractivity contribution in [1.82, 2.24) is 9.97 Å². The fraction of sp³-hybridized carbons (Fsp3) is 0.600. The Morgan fingerprint density at radius 1 is 1.53 bits per heavy atom. The number of H-pyrrole nitrogens is 1. The number of hydrogen-bond acceptors (Lipinski definition) is 4. The van der Waals surface area contributed by atoms with Crippen molar-refractivity contribution in [2.45, 2.75) is 31.2 Å². The average molecular weight is 209 g/mol. The summed E-state index contributed by atoms with van der Waals surface area (Å²) in [6.07, 6.45) is 5.37. The van der Waals surface area contributed by atoms with Crippen LogP contribution < -0.4 is 16.0 Å². The molecule has 0 amide bonds. The van der Waals surface area contributed by atoms with Crippen LogP contribution in [0.2, 0.25) is 0 Å². The first-order chi connectivity index (χ1) is 7.15. The molecule has 15 heavy (non-hydrogen) atoms. The standard InChI is InChI=1S/C10H15N3O2/c1-15-7-6-12-9(13-8(7)14)10(11)4-2-3-5-10/h6H,2-5,11H2,1H3,(H,12,13,14). The van der Waals surface area contributed by atoms with Crippen molar-refractivity contribution in [2.75, 3.05) is 7.11 Å². The van der Waals surface area contributed by atoms with Gasteiger partial charge in [-0.3, -0.25) is 4.79 Å². The van der Waals surface area contributed by atoms with Crippen molar-refractivity contribution in [2.24, 2.45) is 5.73 Å². The molecule has 2 rings (SSSR count). The van der Waals surface area contributed by atoms with E-state index in [1.54, 1.807) is 0 Å². The minimum atomic E-state index is -0.453. The van der Waals surface area contributed by atoms with Crippen molar-refractivity contribution < 1.29 is 4.74 Å². The van der Waals surface area contributed by atoms with Crippen LogP contribution in [0.1, 0.15) is 31.5 Å². The van der Waals surface area contributed by atoms with Crippen molar-refractivity contribution in [3.05, 3.63) is 22.4 Å². The lowest BCUT2D eigenvalue weighted by molar-refractivity contribution is 0.393. The Bertz CT molecular complexity index is 407. The molecule has 1 aromatic rings. The fourth-order valence-electron chi connectivity index (χ4n) is 2.02. The maximum atomic E-state index is 11.5. The molecule has 0 atom stereocenters. The zero-order valence-corrected chi connectivity index (χ0v) is 8.75. The third kappa shape index (κ3) is 1.74. The van der Waals surface area contributed by atoms with E-state index in [1.165, 1.54) is 13.3 Å². The van der Waals surface area contributed by atoms with E-state index in [0.717, 1.165) is 25.7 Å². The van der Waals surface area contributed by atoms with Crippen LogP contribution in [0, 0.1) is 0 Å². The molecule has 1 aliphatic carbocycles. The lowest BCUT2D eigenvalue weighted by Gasteiger charge is -2.21. The second-order valence-electron chi connectivity index (χ2n) is 3.99. The van der Waals surface area contributed by atoms with Gasteiger partial charge in [0, 0.05) is 0 Å². The van der Waals surface area contributed by atoms with Gasteiger partial charge in [0.2, 0.25) is 5.75 Å². The molecule has 5 nitrogen and oxygen atoms in total. The van der Waals surface area contributed by atoms with Crippen LogP contribution in [0.5, 0.6) is 5.75 Å². The van der Waals surface area contributed by atoms with E-state index in [4.69, 9.17) is 10.5 Å². The highest BCUT2D eigenvalue weighted by molar-refractivity contribution is 5.16. The molecule has 5 heteroatoms. The van der Waals surface area contributed by atoms with E-state index in [2.05, 4.69) is 9.97 Å². The summed E-state index contributed by atoms with van der Waals surface area (Å²) in [4.78, 5) is 18.3. The summed E-state index contributed by atoms with van der Waals surface area (Å²) in [5, 5.41) is 0. The zero-order valence-electron chi connectivity index (χ0n) is 8.75. The smallest absolute Gasteiger partial charge is 0.293 e. The predicted molar refractivity (Wildman–Crippen MR) is 55.7 cm³/mol. The second kappa shape index (κ2) is 3.66. The molecule has 82 valence electrons. The lowest BCUT2D eigenvalue weighted by atomic mass is 9.98. The monoisotopic (exact) mass is 209 g/mol. The molecule has 0 bridgehead atoms. The lowest BCUT2D eigenvalue weighted by Crippen LogP contribution is -2.37. The first-order valence-corrected chi connectivity index (χ1v) is 5.08. The van der Waals surface area contributed by atoms with Gasteiger partial charge >= 0.3 is 0 Å². The van der Waals surface area contributed by atoms with Crippen molar-refractivity contribution in [3.8, 4) is 5.75 Å². The molecule has 0 saturated heterocycles. The molecule has 0 spiro atoms. The summed E-state index contributed by atoms with van der Waals surface area (Å²) >= 11 is 0. The van der Waals surface area contributed by atoms with Crippen LogP contribution in [0.3, 0.4) is 0 Å². The van der Waals surface area contributed by atoms with Crippen LogP contribution in [-0.2, 0) is 5.54 Å². The Kier molecular flexibility index (Phi) is 2.48. The molecule has 1 aliphatic rings. The molecule has 0 aromatic carbocycles. The van der Waals surface area contributed by atoms with Crippen molar-refractivity contribution in [3.63, 3.8) is 0 Å². The maximum absolute atomic E-state index is 11.5. The van der Waals surface area contributed by atoms with Crippen LogP contribution >= 0.6 is 0 Å². The number of ether oxygens (including phenoxy) is 1. The summed E-state index contributed by atoms with van der Waals surface area (Å²) < 4.78 is 4.85. The highest BCUT2D eigenvalue weighted by atomic mass is 16.5. The van der Waals surface area contributed by atoms with Gasteiger partial charge in [-0.1, -0.05) is 12.8 Å². The molecule has 1 fully saturated rings. The molecule has 0 radical (unpaired) electrons. The van der Waals surface area contributed by atoms with Crippen molar-refractivity contribution >= 4 is 0 Å². The van der Waals surface area contributed by atoms with Gasteiger partial charge in [-0.05, 0) is 12.8 Å². The van der Waals surface area contributed by atoms with Gasteiger partial charge in [0.05, 0.1) is 18.8 Å². The number of rotatable bonds is 2. The van der Waals surface area contributed by atoms with E-state index < -0.39 is 5.54 Å². The third-order valence-electron chi connectivity index (χ3n) is 2.95. The number of hydrogen-bond donors (Lipinski definition) is 2. The molecule has 3 N–H and O–H groups in total. The Morgan fingerprint density at radius 2 is 2.20 bits per heavy atom. The quantitative estimate of drug-likeness (QED) is 0.743. The summed E-state index contributed by atoms with van der Waals surface area (Å²) in [5.74, 6) is 0.797. The minimum absolute atomic E-state index is 0.223. The Balaban J connectivity index is 2.37. The summed E-state index contributed by atoms with van der Waals surface area (Å²) in [6, 6.07) is 0. The molecule has 1 aromatic heterocycles. The third-order valence-corrected chi connectivity index (χ3v) is 2.95. The van der Waals surface area contributed by atoms with Gasteiger partial charge in [0.25, 0.3) is 5.56 Å². The molecule has 0 unspecified atom stereocenters. The normalized spacial score (nSPS) is 19.1. The number of nitrogens with zero attached hydrogens (tertiary/aromatic N) is 1. The van der Waals surface area contributed by atoms with Crippen LogP contribution in [0.15, 0.2) is 11.0 Å². The van der Waals surface area contributed by atoms with Crippen LogP contribution in [0.4, 0.5) is 0 Å². The summed E-state index contributed by atoms with van der Waals surface area (Å²) in [7, 11) is 1.44. The van der Waals surface area contributed by atoms with Crippen LogP contribution in [0.25, 0.3) is 0 Å². The SMILES string of the molecule is COc1cnc(C2(N)CCCC2)[nH]c1=O. The molecule has 1 heterocycles. The van der Waals surface area contributed by atoms with Gasteiger partial charge in [0.15, 0.2) is 0 Å². The molecule has 0 aliphatic heterocycles. The summed E-state index contributed by atoms with van der Waals surface area (Å²) in [6.45, 7) is 0. The highest BCUT2D eigenvalue weighted by Gasteiger charge is 2.33. The second-order valence-corrected chi connectivity index (χ2v) is 3.99. The van der Waals surface area contributed by atoms with Gasteiger partial charge in [-0.25, -0.2) is 4.98 Å². The topological polar surface area (TPSA) is 81.0 Å². The van der Waals surface area contributed by atoms with E-state index >= 15 is 0 Å². The summed E-state index contributed by atoms with van der Waals surface area (Å²) in [5.41, 5.74) is 5.45.